The van der Waals surface area contributed by atoms with Crippen LogP contribution >= 0.6 is 0 Å². The van der Waals surface area contributed by atoms with Crippen LogP contribution in [0.4, 0.5) is 5.69 Å². The molecule has 4 rings (SSSR count). The van der Waals surface area contributed by atoms with Gasteiger partial charge in [-0.3, -0.25) is 4.31 Å². The van der Waals surface area contributed by atoms with E-state index in [2.05, 4.69) is 0 Å². The van der Waals surface area contributed by atoms with Crippen molar-refractivity contribution in [1.82, 2.24) is 0 Å². The molecule has 1 aliphatic heterocycles. The van der Waals surface area contributed by atoms with Crippen LogP contribution in [0.2, 0.25) is 0 Å². The van der Waals surface area contributed by atoms with Crippen LogP contribution in [0.25, 0.3) is 0 Å². The van der Waals surface area contributed by atoms with Crippen LogP contribution in [-0.4, -0.2) is 41.5 Å². The molecule has 8 heteroatoms. The maximum Gasteiger partial charge on any atom is 0.264 e. The van der Waals surface area contributed by atoms with E-state index < -0.39 is 25.9 Å². The van der Waals surface area contributed by atoms with Gasteiger partial charge in [0, 0.05) is 0 Å². The van der Waals surface area contributed by atoms with Gasteiger partial charge in [-0.1, -0.05) is 31.4 Å². The van der Waals surface area contributed by atoms with Crippen LogP contribution in [0, 0.1) is 0 Å². The minimum atomic E-state index is -3.93. The molecular weight excluding hydrogens is 434 g/mol. The molecule has 1 saturated heterocycles. The number of hydrogen-bond donors (Lipinski definition) is 0. The third-order valence-electron chi connectivity index (χ3n) is 6.38. The highest BCUT2D eigenvalue weighted by Gasteiger charge is 2.39. The minimum Gasteiger partial charge on any atom is -0.497 e. The molecule has 1 aliphatic carbocycles. The Kier molecular flexibility index (Phi) is 6.30. The van der Waals surface area contributed by atoms with Crippen molar-refractivity contribution in [3.8, 4) is 5.75 Å². The summed E-state index contributed by atoms with van der Waals surface area (Å²) in [5, 5.41) is 0. The summed E-state index contributed by atoms with van der Waals surface area (Å²) >= 11 is 0. The lowest BCUT2D eigenvalue weighted by atomic mass is 9.84. The second-order valence-corrected chi connectivity index (χ2v) is 12.5. The van der Waals surface area contributed by atoms with Crippen LogP contribution < -0.4 is 9.04 Å². The molecule has 1 unspecified atom stereocenters. The van der Waals surface area contributed by atoms with Crippen molar-refractivity contribution in [3.63, 3.8) is 0 Å². The highest BCUT2D eigenvalue weighted by Crippen LogP contribution is 2.35. The molecule has 1 saturated carbocycles. The number of sulfonamides is 1. The van der Waals surface area contributed by atoms with Crippen molar-refractivity contribution in [2.24, 2.45) is 0 Å². The molecule has 2 fully saturated rings. The third-order valence-corrected chi connectivity index (χ3v) is 10.0. The van der Waals surface area contributed by atoms with E-state index in [1.165, 1.54) is 29.1 Å². The Morgan fingerprint density at radius 3 is 2.10 bits per heavy atom. The molecule has 168 valence electrons. The Balaban J connectivity index is 1.68. The Morgan fingerprint density at radius 2 is 1.55 bits per heavy atom. The molecule has 6 nitrogen and oxygen atoms in total. The van der Waals surface area contributed by atoms with Gasteiger partial charge in [0.05, 0.1) is 35.2 Å². The van der Waals surface area contributed by atoms with Crippen molar-refractivity contribution in [2.45, 2.75) is 55.4 Å². The van der Waals surface area contributed by atoms with E-state index in [1.807, 2.05) is 12.1 Å². The van der Waals surface area contributed by atoms with E-state index in [0.29, 0.717) is 17.4 Å². The molecule has 0 amide bonds. The molecule has 2 aliphatic rings. The first kappa shape index (κ1) is 22.1. The topological polar surface area (TPSA) is 80.8 Å². The first-order chi connectivity index (χ1) is 14.8. The fourth-order valence-corrected chi connectivity index (χ4v) is 8.17. The summed E-state index contributed by atoms with van der Waals surface area (Å²) < 4.78 is 58.1. The van der Waals surface area contributed by atoms with Crippen molar-refractivity contribution in [3.05, 3.63) is 54.1 Å². The molecule has 1 heterocycles. The molecule has 1 atom stereocenters. The zero-order valence-electron chi connectivity index (χ0n) is 17.7. The second-order valence-electron chi connectivity index (χ2n) is 8.46. The van der Waals surface area contributed by atoms with Gasteiger partial charge in [0.15, 0.2) is 9.84 Å². The van der Waals surface area contributed by atoms with Gasteiger partial charge in [0.25, 0.3) is 10.0 Å². The van der Waals surface area contributed by atoms with Gasteiger partial charge in [-0.05, 0) is 67.1 Å². The number of rotatable bonds is 6. The summed E-state index contributed by atoms with van der Waals surface area (Å²) in [5.74, 6) is 0.930. The number of hydrogen-bond acceptors (Lipinski definition) is 5. The number of methoxy groups -OCH3 is 1. The van der Waals surface area contributed by atoms with Gasteiger partial charge in [-0.2, -0.15) is 0 Å². The van der Waals surface area contributed by atoms with E-state index >= 15 is 0 Å². The van der Waals surface area contributed by atoms with Crippen LogP contribution in [0.5, 0.6) is 5.75 Å². The van der Waals surface area contributed by atoms with Gasteiger partial charge in [0.2, 0.25) is 0 Å². The van der Waals surface area contributed by atoms with E-state index in [0.717, 1.165) is 12.8 Å². The van der Waals surface area contributed by atoms with Gasteiger partial charge in [0.1, 0.15) is 5.75 Å². The standard InChI is InChI=1S/C23H29NO5S2/c1-29-22-11-9-20(10-12-22)24(21-15-16-30(25,26)17-21)31(27,28)23-13-7-19(8-14-23)18-5-3-2-4-6-18/h7-14,18,21H,2-6,15-17H2,1H3. The van der Waals surface area contributed by atoms with E-state index in [4.69, 9.17) is 4.74 Å². The lowest BCUT2D eigenvalue weighted by molar-refractivity contribution is 0.415. The second kappa shape index (κ2) is 8.82. The van der Waals surface area contributed by atoms with Crippen LogP contribution in [0.1, 0.15) is 50.0 Å². The average Bonchev–Trinajstić information content (AvgIpc) is 3.14. The first-order valence-electron chi connectivity index (χ1n) is 10.8. The summed E-state index contributed by atoms with van der Waals surface area (Å²) in [7, 11) is -5.64. The molecule has 0 spiro atoms. The lowest BCUT2D eigenvalue weighted by Gasteiger charge is -2.30. The fourth-order valence-electron chi connectivity index (χ4n) is 4.70. The number of benzene rings is 2. The molecule has 31 heavy (non-hydrogen) atoms. The van der Waals surface area contributed by atoms with Crippen LogP contribution in [-0.2, 0) is 19.9 Å². The largest absolute Gasteiger partial charge is 0.497 e. The van der Waals surface area contributed by atoms with Crippen molar-refractivity contribution in [2.75, 3.05) is 22.9 Å². The van der Waals surface area contributed by atoms with E-state index in [-0.39, 0.29) is 22.8 Å². The summed E-state index contributed by atoms with van der Waals surface area (Å²) in [6.45, 7) is 0. The molecule has 0 aromatic heterocycles. The number of nitrogens with zero attached hydrogens (tertiary/aromatic N) is 1. The molecule has 0 bridgehead atoms. The monoisotopic (exact) mass is 463 g/mol. The normalized spacial score (nSPS) is 21.6. The zero-order valence-corrected chi connectivity index (χ0v) is 19.4. The quantitative estimate of drug-likeness (QED) is 0.644. The fraction of sp³-hybridized carbons (Fsp3) is 0.478. The van der Waals surface area contributed by atoms with Crippen LogP contribution in [0.15, 0.2) is 53.4 Å². The predicted octanol–water partition coefficient (Wildman–Crippen LogP) is 4.13. The maximum atomic E-state index is 13.7. The number of anilines is 1. The van der Waals surface area contributed by atoms with Gasteiger partial charge in [-0.25, -0.2) is 16.8 Å². The Labute approximate surface area is 185 Å². The molecular formula is C23H29NO5S2. The Hall–Kier alpha value is -2.06. The number of ether oxygens (including phenoxy) is 1. The highest BCUT2D eigenvalue weighted by atomic mass is 32.2. The Bertz CT molecular complexity index is 1100. The van der Waals surface area contributed by atoms with Gasteiger partial charge < -0.3 is 4.74 Å². The van der Waals surface area contributed by atoms with E-state index in [1.54, 1.807) is 43.5 Å². The summed E-state index contributed by atoms with van der Waals surface area (Å²) in [6.07, 6.45) is 6.27. The molecule has 2 aromatic carbocycles. The average molecular weight is 464 g/mol. The van der Waals surface area contributed by atoms with Crippen molar-refractivity contribution >= 4 is 25.5 Å². The first-order valence-corrected chi connectivity index (χ1v) is 14.1. The molecule has 2 aromatic rings. The summed E-state index contributed by atoms with van der Waals surface area (Å²) in [4.78, 5) is 0.187. The maximum absolute atomic E-state index is 13.7. The third kappa shape index (κ3) is 4.75. The zero-order chi connectivity index (χ0) is 22.1. The smallest absolute Gasteiger partial charge is 0.264 e. The Morgan fingerprint density at radius 1 is 0.903 bits per heavy atom. The number of sulfone groups is 1. The highest BCUT2D eigenvalue weighted by molar-refractivity contribution is 7.93. The minimum absolute atomic E-state index is 0.000456. The van der Waals surface area contributed by atoms with Gasteiger partial charge in [-0.15, -0.1) is 0 Å². The molecule has 0 N–H and O–H groups in total. The van der Waals surface area contributed by atoms with Crippen molar-refractivity contribution < 1.29 is 21.6 Å². The van der Waals surface area contributed by atoms with E-state index in [9.17, 15) is 16.8 Å². The molecule has 0 radical (unpaired) electrons. The SMILES string of the molecule is COc1ccc(N(C2CCS(=O)(=O)C2)S(=O)(=O)c2ccc(C3CCCCC3)cc2)cc1. The van der Waals surface area contributed by atoms with Crippen molar-refractivity contribution in [1.29, 1.82) is 0 Å². The predicted molar refractivity (Wildman–Crippen MR) is 122 cm³/mol. The lowest BCUT2D eigenvalue weighted by Crippen LogP contribution is -2.41. The summed E-state index contributed by atoms with van der Waals surface area (Å²) in [5.41, 5.74) is 1.62. The summed E-state index contributed by atoms with van der Waals surface area (Å²) in [6, 6.07) is 13.2. The van der Waals surface area contributed by atoms with Gasteiger partial charge >= 0.3 is 0 Å². The van der Waals surface area contributed by atoms with Crippen LogP contribution in [0.3, 0.4) is 0 Å².